The minimum absolute atomic E-state index is 0.235. The number of halogens is 3. The first-order chi connectivity index (χ1) is 8.29. The van der Waals surface area contributed by atoms with Gasteiger partial charge in [-0.05, 0) is 11.6 Å². The van der Waals surface area contributed by atoms with Gasteiger partial charge in [0, 0.05) is 12.5 Å². The van der Waals surface area contributed by atoms with Crippen LogP contribution >= 0.6 is 0 Å². The van der Waals surface area contributed by atoms with Gasteiger partial charge < -0.3 is 8.92 Å². The second-order valence-electron chi connectivity index (χ2n) is 3.42. The molecule has 18 heavy (non-hydrogen) atoms. The maximum atomic E-state index is 12.1. The molecule has 1 aromatic rings. The minimum atomic E-state index is -5.69. The minimum Gasteiger partial charge on any atom is -0.425 e. The number of hydrogen-bond acceptors (Lipinski definition) is 4. The fraction of sp³-hybridized carbons (Fsp3) is 0.200. The van der Waals surface area contributed by atoms with Crippen LogP contribution in [0.15, 0.2) is 36.3 Å². The number of para-hydroxylation sites is 1. The third-order valence-electron chi connectivity index (χ3n) is 2.15. The van der Waals surface area contributed by atoms with Gasteiger partial charge in [0.25, 0.3) is 5.95 Å². The molecule has 1 heterocycles. The second kappa shape index (κ2) is 4.20. The van der Waals surface area contributed by atoms with Crippen LogP contribution in [0.4, 0.5) is 13.2 Å². The van der Waals surface area contributed by atoms with Crippen LogP contribution in [-0.4, -0.2) is 13.9 Å². The fourth-order valence-electron chi connectivity index (χ4n) is 1.32. The van der Waals surface area contributed by atoms with Crippen LogP contribution in [-0.2, 0) is 20.7 Å². The van der Waals surface area contributed by atoms with Gasteiger partial charge >= 0.3 is 15.6 Å². The van der Waals surface area contributed by atoms with E-state index in [2.05, 4.69) is 4.18 Å². The zero-order chi connectivity index (χ0) is 13.4. The largest absolute Gasteiger partial charge is 0.534 e. The quantitative estimate of drug-likeness (QED) is 0.616. The molecule has 1 aliphatic rings. The van der Waals surface area contributed by atoms with E-state index in [0.717, 1.165) is 11.6 Å². The molecular weight excluding hydrogens is 273 g/mol. The summed E-state index contributed by atoms with van der Waals surface area (Å²) in [4.78, 5) is 0. The Kier molecular flexibility index (Phi) is 2.97. The van der Waals surface area contributed by atoms with Crippen LogP contribution in [0.2, 0.25) is 0 Å². The topological polar surface area (TPSA) is 52.6 Å². The Balaban J connectivity index is 2.18. The second-order valence-corrected chi connectivity index (χ2v) is 4.96. The first-order valence-electron chi connectivity index (χ1n) is 4.76. The average Bonchev–Trinajstić information content (AvgIpc) is 2.27. The molecule has 4 nitrogen and oxygen atoms in total. The van der Waals surface area contributed by atoms with Crippen molar-refractivity contribution in [3.8, 4) is 5.75 Å². The summed E-state index contributed by atoms with van der Waals surface area (Å²) in [5.41, 5.74) is -4.75. The Hall–Kier alpha value is -1.70. The molecule has 2 rings (SSSR count). The monoisotopic (exact) mass is 280 g/mol. The molecule has 0 radical (unpaired) electrons. The summed E-state index contributed by atoms with van der Waals surface area (Å²) in [5.74, 6) is -0.418. The maximum Gasteiger partial charge on any atom is 0.534 e. The van der Waals surface area contributed by atoms with Gasteiger partial charge in [-0.1, -0.05) is 18.2 Å². The Bertz CT molecular complexity index is 589. The van der Waals surface area contributed by atoms with E-state index in [9.17, 15) is 21.6 Å². The molecule has 0 amide bonds. The van der Waals surface area contributed by atoms with Crippen molar-refractivity contribution in [2.24, 2.45) is 0 Å². The first kappa shape index (κ1) is 12.7. The highest BCUT2D eigenvalue weighted by Gasteiger charge is 2.49. The molecule has 98 valence electrons. The highest BCUT2D eigenvalue weighted by molar-refractivity contribution is 7.87. The number of benzene rings is 1. The Morgan fingerprint density at radius 2 is 1.89 bits per heavy atom. The van der Waals surface area contributed by atoms with E-state index in [-0.39, 0.29) is 12.2 Å². The zero-order valence-electron chi connectivity index (χ0n) is 8.77. The van der Waals surface area contributed by atoms with Crippen LogP contribution in [0.3, 0.4) is 0 Å². The standard InChI is InChI=1S/C10H7F3O4S/c11-10(12,13)18(14,15)17-9-6-5-7-3-1-2-4-8(7)16-9/h1-4,6H,5H2. The maximum absolute atomic E-state index is 12.1. The summed E-state index contributed by atoms with van der Waals surface area (Å²) in [5, 5.41) is 0. The predicted octanol–water partition coefficient (Wildman–Crippen LogP) is 2.33. The van der Waals surface area contributed by atoms with Crippen molar-refractivity contribution >= 4 is 10.1 Å². The van der Waals surface area contributed by atoms with Crippen molar-refractivity contribution in [3.05, 3.63) is 41.9 Å². The van der Waals surface area contributed by atoms with Gasteiger partial charge in [0.15, 0.2) is 0 Å². The fourth-order valence-corrected chi connectivity index (χ4v) is 1.73. The lowest BCUT2D eigenvalue weighted by atomic mass is 10.1. The molecular formula is C10H7F3O4S. The molecule has 8 heteroatoms. The van der Waals surface area contributed by atoms with Gasteiger partial charge in [-0.25, -0.2) is 0 Å². The molecule has 0 bridgehead atoms. The first-order valence-corrected chi connectivity index (χ1v) is 6.17. The third kappa shape index (κ3) is 2.42. The van der Waals surface area contributed by atoms with Crippen molar-refractivity contribution < 1.29 is 30.5 Å². The smallest absolute Gasteiger partial charge is 0.425 e. The number of rotatable bonds is 2. The Labute approximate surface area is 101 Å². The van der Waals surface area contributed by atoms with Gasteiger partial charge in [-0.2, -0.15) is 21.6 Å². The molecule has 0 saturated carbocycles. The van der Waals surface area contributed by atoms with Gasteiger partial charge in [-0.3, -0.25) is 0 Å². The normalized spacial score (nSPS) is 15.4. The molecule has 0 unspecified atom stereocenters. The van der Waals surface area contributed by atoms with E-state index < -0.39 is 21.6 Å². The molecule has 0 saturated heterocycles. The molecule has 0 spiro atoms. The van der Waals surface area contributed by atoms with Gasteiger partial charge in [0.05, 0.1) is 0 Å². The molecule has 1 aliphatic heterocycles. The Morgan fingerprint density at radius 3 is 2.56 bits per heavy atom. The molecule has 0 aliphatic carbocycles. The molecule has 0 fully saturated rings. The molecule has 0 atom stereocenters. The molecule has 1 aromatic carbocycles. The molecule has 0 N–H and O–H groups in total. The van der Waals surface area contributed by atoms with E-state index in [1.54, 1.807) is 18.2 Å². The van der Waals surface area contributed by atoms with Crippen molar-refractivity contribution in [1.29, 1.82) is 0 Å². The summed E-state index contributed by atoms with van der Waals surface area (Å²) in [6.07, 6.45) is 1.37. The third-order valence-corrected chi connectivity index (χ3v) is 3.10. The highest BCUT2D eigenvalue weighted by Crippen LogP contribution is 2.31. The average molecular weight is 280 g/mol. The van der Waals surface area contributed by atoms with Gasteiger partial charge in [0.2, 0.25) is 0 Å². The van der Waals surface area contributed by atoms with E-state index in [0.29, 0.717) is 0 Å². The van der Waals surface area contributed by atoms with E-state index in [1.165, 1.54) is 6.07 Å². The van der Waals surface area contributed by atoms with Crippen molar-refractivity contribution in [1.82, 2.24) is 0 Å². The number of allylic oxidation sites excluding steroid dienone is 1. The summed E-state index contributed by atoms with van der Waals surface area (Å²) in [6, 6.07) is 6.56. The number of fused-ring (bicyclic) bond motifs is 1. The van der Waals surface area contributed by atoms with E-state index in [1.807, 2.05) is 0 Å². The van der Waals surface area contributed by atoms with E-state index >= 15 is 0 Å². The van der Waals surface area contributed by atoms with Crippen molar-refractivity contribution in [2.45, 2.75) is 11.9 Å². The summed E-state index contributed by atoms with van der Waals surface area (Å²) < 4.78 is 66.6. The van der Waals surface area contributed by atoms with Crippen molar-refractivity contribution in [3.63, 3.8) is 0 Å². The SMILES string of the molecule is O=S(=O)(OC1=CCc2ccccc2O1)C(F)(F)F. The molecule has 0 aromatic heterocycles. The number of hydrogen-bond donors (Lipinski definition) is 0. The van der Waals surface area contributed by atoms with E-state index in [4.69, 9.17) is 4.74 Å². The summed E-state index contributed by atoms with van der Waals surface area (Å²) >= 11 is 0. The van der Waals surface area contributed by atoms with Gasteiger partial charge in [0.1, 0.15) is 5.75 Å². The number of ether oxygens (including phenoxy) is 1. The van der Waals surface area contributed by atoms with Crippen LogP contribution in [0.25, 0.3) is 0 Å². The lowest BCUT2D eigenvalue weighted by Crippen LogP contribution is -2.26. The predicted molar refractivity (Wildman–Crippen MR) is 54.9 cm³/mol. The van der Waals surface area contributed by atoms with Gasteiger partial charge in [-0.15, -0.1) is 0 Å². The highest BCUT2D eigenvalue weighted by atomic mass is 32.2. The number of alkyl halides is 3. The summed E-state index contributed by atoms with van der Waals surface area (Å²) in [7, 11) is -5.69. The zero-order valence-corrected chi connectivity index (χ0v) is 9.59. The van der Waals surface area contributed by atoms with Crippen molar-refractivity contribution in [2.75, 3.05) is 0 Å². The lowest BCUT2D eigenvalue weighted by molar-refractivity contribution is -0.0542. The van der Waals surface area contributed by atoms with Crippen LogP contribution in [0.5, 0.6) is 5.75 Å². The van der Waals surface area contributed by atoms with Crippen LogP contribution in [0, 0.1) is 0 Å². The van der Waals surface area contributed by atoms with Crippen LogP contribution in [0.1, 0.15) is 5.56 Å². The van der Waals surface area contributed by atoms with Crippen LogP contribution < -0.4 is 4.74 Å². The Morgan fingerprint density at radius 1 is 1.22 bits per heavy atom. The lowest BCUT2D eigenvalue weighted by Gasteiger charge is -2.18. The summed E-state index contributed by atoms with van der Waals surface area (Å²) in [6.45, 7) is 0.